The summed E-state index contributed by atoms with van der Waals surface area (Å²) in [5, 5.41) is 0. The Hall–Kier alpha value is -1.91. The fourth-order valence-corrected chi connectivity index (χ4v) is 2.09. The molecular weight excluding hydrogens is 268 g/mol. The number of nitrogens with zero attached hydrogens (tertiary/aromatic N) is 2. The average molecular weight is 292 g/mol. The lowest BCUT2D eigenvalue weighted by molar-refractivity contribution is -0.134. The quantitative estimate of drug-likeness (QED) is 0.445. The van der Waals surface area contributed by atoms with Gasteiger partial charge in [-0.3, -0.25) is 19.4 Å². The van der Waals surface area contributed by atoms with Crippen molar-refractivity contribution in [2.45, 2.75) is 40.0 Å². The van der Waals surface area contributed by atoms with E-state index in [-0.39, 0.29) is 5.57 Å². The van der Waals surface area contributed by atoms with E-state index in [1.807, 2.05) is 0 Å². The minimum absolute atomic E-state index is 0.0917. The third-order valence-electron chi connectivity index (χ3n) is 3.58. The minimum atomic E-state index is -0.584. The molecule has 1 aliphatic heterocycles. The zero-order valence-corrected chi connectivity index (χ0v) is 13.5. The smallest absolute Gasteiger partial charge is 0.268 e. The van der Waals surface area contributed by atoms with Crippen LogP contribution < -0.4 is 0 Å². The highest BCUT2D eigenvalue weighted by Gasteiger charge is 2.37. The maximum absolute atomic E-state index is 12.0. The first-order valence-electron chi connectivity index (χ1n) is 7.19. The molecule has 1 rings (SSSR count). The normalized spacial score (nSPS) is 17.2. The second-order valence-corrected chi connectivity index (χ2v) is 5.83. The van der Waals surface area contributed by atoms with E-state index < -0.39 is 17.8 Å². The Bertz CT molecular complexity index is 476. The monoisotopic (exact) mass is 292 g/mol. The third-order valence-corrected chi connectivity index (χ3v) is 3.58. The molecule has 116 valence electrons. The van der Waals surface area contributed by atoms with Crippen LogP contribution in [0.5, 0.6) is 0 Å². The fourth-order valence-electron chi connectivity index (χ4n) is 2.09. The lowest BCUT2D eigenvalue weighted by Crippen LogP contribution is -2.53. The molecule has 1 atom stereocenters. The number of hydrogen-bond donors (Lipinski definition) is 0. The van der Waals surface area contributed by atoms with E-state index in [0.29, 0.717) is 12.3 Å². The summed E-state index contributed by atoms with van der Waals surface area (Å²) in [4.78, 5) is 37.5. The van der Waals surface area contributed by atoms with Crippen LogP contribution in [0.3, 0.4) is 0 Å². The van der Waals surface area contributed by atoms with Gasteiger partial charge in [-0.15, -0.1) is 0 Å². The Labute approximate surface area is 126 Å². The van der Waals surface area contributed by atoms with Gasteiger partial charge in [-0.05, 0) is 39.0 Å². The number of barbiturate groups is 1. The van der Waals surface area contributed by atoms with Crippen molar-refractivity contribution in [1.29, 1.82) is 0 Å². The van der Waals surface area contributed by atoms with Gasteiger partial charge < -0.3 is 0 Å². The van der Waals surface area contributed by atoms with Crippen LogP contribution in [0.4, 0.5) is 4.79 Å². The zero-order chi connectivity index (χ0) is 16.2. The molecule has 1 saturated heterocycles. The maximum atomic E-state index is 12.0. The van der Waals surface area contributed by atoms with Gasteiger partial charge in [0.05, 0.1) is 0 Å². The molecule has 0 saturated carbocycles. The van der Waals surface area contributed by atoms with Crippen molar-refractivity contribution in [3.63, 3.8) is 0 Å². The highest BCUT2D eigenvalue weighted by molar-refractivity contribution is 6.28. The molecule has 5 heteroatoms. The van der Waals surface area contributed by atoms with Crippen molar-refractivity contribution in [1.82, 2.24) is 9.80 Å². The summed E-state index contributed by atoms with van der Waals surface area (Å²) < 4.78 is 0. The second-order valence-electron chi connectivity index (χ2n) is 5.83. The number of rotatable bonds is 5. The van der Waals surface area contributed by atoms with Crippen molar-refractivity contribution in [2.24, 2.45) is 5.92 Å². The number of amides is 4. The van der Waals surface area contributed by atoms with E-state index in [1.165, 1.54) is 19.7 Å². The van der Waals surface area contributed by atoms with Gasteiger partial charge in [0.2, 0.25) is 0 Å². The lowest BCUT2D eigenvalue weighted by Gasteiger charge is -2.28. The molecule has 5 nitrogen and oxygen atoms in total. The van der Waals surface area contributed by atoms with Crippen molar-refractivity contribution in [3.8, 4) is 0 Å². The minimum Gasteiger partial charge on any atom is -0.268 e. The molecule has 1 heterocycles. The highest BCUT2D eigenvalue weighted by Crippen LogP contribution is 2.18. The summed E-state index contributed by atoms with van der Waals surface area (Å²) in [6.07, 6.45) is 6.39. The van der Waals surface area contributed by atoms with Crippen molar-refractivity contribution in [3.05, 3.63) is 23.3 Å². The molecule has 0 spiro atoms. The Balaban J connectivity index is 2.67. The van der Waals surface area contributed by atoms with Gasteiger partial charge in [0, 0.05) is 14.1 Å². The number of allylic oxidation sites excluding steroid dienone is 3. The number of carbonyl (C=O) groups excluding carboxylic acids is 3. The molecule has 0 aromatic heterocycles. The molecular formula is C16H24N2O3. The highest BCUT2D eigenvalue weighted by atomic mass is 16.2. The number of hydrogen-bond acceptors (Lipinski definition) is 3. The first-order chi connectivity index (χ1) is 9.75. The summed E-state index contributed by atoms with van der Waals surface area (Å²) in [7, 11) is 2.78. The maximum Gasteiger partial charge on any atom is 0.333 e. The number of carbonyl (C=O) groups is 3. The SMILES string of the molecule is CC(C)=CCC(C)CCC=C1C(=O)N(C)C(=O)N(C)C1=O. The first-order valence-corrected chi connectivity index (χ1v) is 7.19. The third kappa shape index (κ3) is 4.28. The largest absolute Gasteiger partial charge is 0.333 e. The van der Waals surface area contributed by atoms with Crippen LogP contribution in [-0.2, 0) is 9.59 Å². The molecule has 21 heavy (non-hydrogen) atoms. The van der Waals surface area contributed by atoms with Crippen LogP contribution in [0.2, 0.25) is 0 Å². The fraction of sp³-hybridized carbons (Fsp3) is 0.562. The number of likely N-dealkylation sites (N-methyl/N-ethyl adjacent to an activating group) is 2. The van der Waals surface area contributed by atoms with Gasteiger partial charge in [0.15, 0.2) is 0 Å². The van der Waals surface area contributed by atoms with Gasteiger partial charge in [-0.2, -0.15) is 0 Å². The summed E-state index contributed by atoms with van der Waals surface area (Å²) in [5.41, 5.74) is 1.38. The summed E-state index contributed by atoms with van der Waals surface area (Å²) in [5.74, 6) is -0.539. The summed E-state index contributed by atoms with van der Waals surface area (Å²) >= 11 is 0. The molecule has 0 aliphatic carbocycles. The van der Waals surface area contributed by atoms with Crippen LogP contribution in [0.15, 0.2) is 23.3 Å². The van der Waals surface area contributed by atoms with E-state index in [9.17, 15) is 14.4 Å². The van der Waals surface area contributed by atoms with E-state index in [1.54, 1.807) is 6.08 Å². The summed E-state index contributed by atoms with van der Waals surface area (Å²) in [6, 6.07) is -0.584. The lowest BCUT2D eigenvalue weighted by atomic mass is 9.99. The zero-order valence-electron chi connectivity index (χ0n) is 13.5. The standard InChI is InChI=1S/C16H24N2O3/c1-11(2)9-10-12(3)7-6-8-13-14(19)17(4)16(21)18(5)15(13)20/h8-9,12H,6-7,10H2,1-5H3. The van der Waals surface area contributed by atoms with Gasteiger partial charge in [0.25, 0.3) is 11.8 Å². The Morgan fingerprint density at radius 2 is 1.62 bits per heavy atom. The predicted molar refractivity (Wildman–Crippen MR) is 81.5 cm³/mol. The molecule has 1 unspecified atom stereocenters. The average Bonchev–Trinajstić information content (AvgIpc) is 2.44. The van der Waals surface area contributed by atoms with Gasteiger partial charge >= 0.3 is 6.03 Å². The summed E-state index contributed by atoms with van der Waals surface area (Å²) in [6.45, 7) is 6.28. The molecule has 1 fully saturated rings. The van der Waals surface area contributed by atoms with E-state index >= 15 is 0 Å². The van der Waals surface area contributed by atoms with E-state index in [4.69, 9.17) is 0 Å². The Morgan fingerprint density at radius 3 is 2.10 bits per heavy atom. The van der Waals surface area contributed by atoms with E-state index in [0.717, 1.165) is 22.6 Å². The van der Waals surface area contributed by atoms with Gasteiger partial charge in [-0.25, -0.2) is 4.79 Å². The molecule has 0 aromatic rings. The van der Waals surface area contributed by atoms with Crippen LogP contribution >= 0.6 is 0 Å². The Morgan fingerprint density at radius 1 is 1.10 bits per heavy atom. The van der Waals surface area contributed by atoms with Crippen LogP contribution in [-0.4, -0.2) is 41.7 Å². The molecule has 1 aliphatic rings. The molecule has 0 N–H and O–H groups in total. The number of urea groups is 1. The van der Waals surface area contributed by atoms with Gasteiger partial charge in [0.1, 0.15) is 5.57 Å². The van der Waals surface area contributed by atoms with Crippen LogP contribution in [0.1, 0.15) is 40.0 Å². The number of imide groups is 2. The van der Waals surface area contributed by atoms with Crippen molar-refractivity contribution in [2.75, 3.05) is 14.1 Å². The molecule has 0 bridgehead atoms. The van der Waals surface area contributed by atoms with Crippen LogP contribution in [0.25, 0.3) is 0 Å². The van der Waals surface area contributed by atoms with Crippen molar-refractivity contribution < 1.29 is 14.4 Å². The van der Waals surface area contributed by atoms with E-state index in [2.05, 4.69) is 26.8 Å². The molecule has 0 radical (unpaired) electrons. The second kappa shape index (κ2) is 7.20. The van der Waals surface area contributed by atoms with Crippen molar-refractivity contribution >= 4 is 17.8 Å². The topological polar surface area (TPSA) is 57.7 Å². The molecule has 0 aromatic carbocycles. The first kappa shape index (κ1) is 17.1. The van der Waals surface area contributed by atoms with Crippen LogP contribution in [0, 0.1) is 5.92 Å². The van der Waals surface area contributed by atoms with Gasteiger partial charge in [-0.1, -0.05) is 24.6 Å². The Kier molecular flexibility index (Phi) is 5.88. The molecule has 4 amide bonds. The predicted octanol–water partition coefficient (Wildman–Crippen LogP) is 2.74.